The molecule has 0 saturated carbocycles. The number of ether oxygens (including phenoxy) is 3. The average molecular weight is 447 g/mol. The minimum atomic E-state index is -0.509. The highest BCUT2D eigenvalue weighted by atomic mass is 16.6. The second-order valence-corrected chi connectivity index (χ2v) is 7.05. The molecule has 1 N–H and O–H groups in total. The fourth-order valence-corrected chi connectivity index (χ4v) is 2.91. The van der Waals surface area contributed by atoms with Gasteiger partial charge in [-0.1, -0.05) is 17.7 Å². The van der Waals surface area contributed by atoms with E-state index in [4.69, 9.17) is 14.2 Å². The molecule has 0 saturated heterocycles. The molecular weight excluding hydrogens is 420 g/mol. The average Bonchev–Trinajstić information content (AvgIpc) is 2.82. The number of nitrogens with zero attached hydrogens (tertiary/aromatic N) is 1. The fourth-order valence-electron chi connectivity index (χ4n) is 2.91. The number of nitrogens with one attached hydrogen (secondary N) is 1. The van der Waals surface area contributed by atoms with E-state index in [1.807, 2.05) is 32.9 Å². The summed E-state index contributed by atoms with van der Waals surface area (Å²) in [5.41, 5.74) is 5.15. The molecule has 0 heterocycles. The lowest BCUT2D eigenvalue weighted by Crippen LogP contribution is -2.17. The van der Waals surface area contributed by atoms with Gasteiger partial charge in [-0.15, -0.1) is 0 Å². The van der Waals surface area contributed by atoms with Crippen molar-refractivity contribution in [2.75, 3.05) is 13.2 Å². The van der Waals surface area contributed by atoms with Crippen molar-refractivity contribution in [3.05, 3.63) is 89.0 Å². The largest absolute Gasteiger partial charge is 0.494 e. The molecule has 33 heavy (non-hydrogen) atoms. The van der Waals surface area contributed by atoms with Crippen LogP contribution in [0.1, 0.15) is 45.7 Å². The van der Waals surface area contributed by atoms with Gasteiger partial charge in [0.1, 0.15) is 5.75 Å². The van der Waals surface area contributed by atoms with Crippen LogP contribution in [0.15, 0.2) is 71.8 Å². The molecule has 0 radical (unpaired) electrons. The summed E-state index contributed by atoms with van der Waals surface area (Å²) in [4.78, 5) is 24.7. The van der Waals surface area contributed by atoms with Crippen molar-refractivity contribution in [3.8, 4) is 17.2 Å². The van der Waals surface area contributed by atoms with Crippen LogP contribution in [0, 0.1) is 6.92 Å². The van der Waals surface area contributed by atoms with Crippen molar-refractivity contribution in [1.29, 1.82) is 0 Å². The molecule has 7 heteroatoms. The third kappa shape index (κ3) is 6.67. The minimum Gasteiger partial charge on any atom is -0.494 e. The van der Waals surface area contributed by atoms with E-state index in [-0.39, 0.29) is 11.7 Å². The van der Waals surface area contributed by atoms with Crippen LogP contribution in [-0.2, 0) is 0 Å². The Bertz CT molecular complexity index is 1120. The monoisotopic (exact) mass is 446 g/mol. The Labute approximate surface area is 193 Å². The maximum Gasteiger partial charge on any atom is 0.343 e. The van der Waals surface area contributed by atoms with E-state index < -0.39 is 5.97 Å². The van der Waals surface area contributed by atoms with Gasteiger partial charge in [0.2, 0.25) is 0 Å². The first kappa shape index (κ1) is 23.5. The number of hydrogen-bond donors (Lipinski definition) is 1. The Kier molecular flexibility index (Phi) is 8.18. The number of carbonyl (C=O) groups excluding carboxylic acids is 2. The van der Waals surface area contributed by atoms with E-state index in [0.29, 0.717) is 41.4 Å². The topological polar surface area (TPSA) is 86.2 Å². The summed E-state index contributed by atoms with van der Waals surface area (Å²) in [6, 6.07) is 18.9. The van der Waals surface area contributed by atoms with Gasteiger partial charge >= 0.3 is 5.97 Å². The Balaban J connectivity index is 1.67. The van der Waals surface area contributed by atoms with Crippen molar-refractivity contribution in [2.24, 2.45) is 5.10 Å². The molecule has 0 fully saturated rings. The van der Waals surface area contributed by atoms with E-state index in [0.717, 1.165) is 5.56 Å². The second-order valence-electron chi connectivity index (χ2n) is 7.05. The zero-order chi connectivity index (χ0) is 23.6. The molecule has 3 rings (SSSR count). The molecule has 0 aliphatic rings. The van der Waals surface area contributed by atoms with E-state index in [9.17, 15) is 9.59 Å². The molecule has 1 amide bonds. The lowest BCUT2D eigenvalue weighted by Gasteiger charge is -2.11. The van der Waals surface area contributed by atoms with E-state index in [2.05, 4.69) is 10.5 Å². The minimum absolute atomic E-state index is 0.288. The summed E-state index contributed by atoms with van der Waals surface area (Å²) < 4.78 is 16.5. The Morgan fingerprint density at radius 3 is 2.18 bits per heavy atom. The zero-order valence-corrected chi connectivity index (χ0v) is 18.8. The molecule has 3 aromatic carbocycles. The van der Waals surface area contributed by atoms with Gasteiger partial charge in [0.25, 0.3) is 5.91 Å². The SMILES string of the molecule is CCOc1ccc(C(=O)Oc2ccc(C=NNC(=O)c3ccc(C)cc3)cc2OCC)cc1. The van der Waals surface area contributed by atoms with E-state index in [1.54, 1.807) is 54.6 Å². The lowest BCUT2D eigenvalue weighted by atomic mass is 10.1. The third-order valence-corrected chi connectivity index (χ3v) is 4.56. The normalized spacial score (nSPS) is 10.6. The summed E-state index contributed by atoms with van der Waals surface area (Å²) in [6.45, 7) is 6.62. The molecule has 170 valence electrons. The predicted molar refractivity (Wildman–Crippen MR) is 126 cm³/mol. The van der Waals surface area contributed by atoms with E-state index in [1.165, 1.54) is 6.21 Å². The zero-order valence-electron chi connectivity index (χ0n) is 18.8. The molecule has 3 aromatic rings. The van der Waals surface area contributed by atoms with Gasteiger partial charge in [0.15, 0.2) is 11.5 Å². The Morgan fingerprint density at radius 2 is 1.52 bits per heavy atom. The van der Waals surface area contributed by atoms with Gasteiger partial charge in [-0.3, -0.25) is 4.79 Å². The third-order valence-electron chi connectivity index (χ3n) is 4.56. The summed E-state index contributed by atoms with van der Waals surface area (Å²) >= 11 is 0. The standard InChI is InChI=1S/C26H26N2O5/c1-4-31-22-13-11-21(12-14-22)26(30)33-23-15-8-19(16-24(23)32-5-2)17-27-28-25(29)20-9-6-18(3)7-10-20/h6-17H,4-5H2,1-3H3,(H,28,29). The maximum atomic E-state index is 12.5. The number of aryl methyl sites for hydroxylation is 1. The summed E-state index contributed by atoms with van der Waals surface area (Å²) in [5.74, 6) is 0.548. The first-order chi connectivity index (χ1) is 16.0. The van der Waals surface area contributed by atoms with E-state index >= 15 is 0 Å². The Hall–Kier alpha value is -4.13. The molecular formula is C26H26N2O5. The van der Waals surface area contributed by atoms with Crippen LogP contribution in [-0.4, -0.2) is 31.3 Å². The molecule has 7 nitrogen and oxygen atoms in total. The van der Waals surface area contributed by atoms with Gasteiger partial charge < -0.3 is 14.2 Å². The van der Waals surface area contributed by atoms with Gasteiger partial charge in [-0.25, -0.2) is 10.2 Å². The number of hydrazone groups is 1. The van der Waals surface area contributed by atoms with Gasteiger partial charge in [0.05, 0.1) is 25.0 Å². The van der Waals surface area contributed by atoms with Crippen molar-refractivity contribution in [1.82, 2.24) is 5.43 Å². The lowest BCUT2D eigenvalue weighted by molar-refractivity contribution is 0.0728. The number of carbonyl (C=O) groups is 2. The van der Waals surface area contributed by atoms with Crippen LogP contribution in [0.3, 0.4) is 0 Å². The number of hydrogen-bond acceptors (Lipinski definition) is 6. The highest BCUT2D eigenvalue weighted by Crippen LogP contribution is 2.29. The molecule has 0 aliphatic heterocycles. The van der Waals surface area contributed by atoms with Gasteiger partial charge in [-0.05, 0) is 80.9 Å². The van der Waals surface area contributed by atoms with Crippen molar-refractivity contribution < 1.29 is 23.8 Å². The molecule has 0 aromatic heterocycles. The molecule has 0 spiro atoms. The van der Waals surface area contributed by atoms with Crippen molar-refractivity contribution in [2.45, 2.75) is 20.8 Å². The highest BCUT2D eigenvalue weighted by Gasteiger charge is 2.13. The number of rotatable bonds is 9. The van der Waals surface area contributed by atoms with Gasteiger partial charge in [0, 0.05) is 5.56 Å². The van der Waals surface area contributed by atoms with Crippen molar-refractivity contribution >= 4 is 18.1 Å². The van der Waals surface area contributed by atoms with Gasteiger partial charge in [-0.2, -0.15) is 5.10 Å². The highest BCUT2D eigenvalue weighted by molar-refractivity contribution is 5.95. The quantitative estimate of drug-likeness (QED) is 0.221. The first-order valence-electron chi connectivity index (χ1n) is 10.6. The Morgan fingerprint density at radius 1 is 0.848 bits per heavy atom. The number of benzene rings is 3. The fraction of sp³-hybridized carbons (Fsp3) is 0.192. The maximum absolute atomic E-state index is 12.5. The summed E-state index contributed by atoms with van der Waals surface area (Å²) in [7, 11) is 0. The molecule has 0 bridgehead atoms. The second kappa shape index (κ2) is 11.5. The number of esters is 1. The predicted octanol–water partition coefficient (Wildman–Crippen LogP) is 4.78. The van der Waals surface area contributed by atoms with Crippen molar-refractivity contribution in [3.63, 3.8) is 0 Å². The number of amides is 1. The van der Waals surface area contributed by atoms with Crippen LogP contribution in [0.5, 0.6) is 17.2 Å². The molecule has 0 atom stereocenters. The summed E-state index contributed by atoms with van der Waals surface area (Å²) in [6.07, 6.45) is 1.49. The first-order valence-corrected chi connectivity index (χ1v) is 10.6. The molecule has 0 unspecified atom stereocenters. The smallest absolute Gasteiger partial charge is 0.343 e. The van der Waals surface area contributed by atoms with Crippen LogP contribution in [0.25, 0.3) is 0 Å². The van der Waals surface area contributed by atoms with Crippen LogP contribution in [0.2, 0.25) is 0 Å². The molecule has 0 aliphatic carbocycles. The van der Waals surface area contributed by atoms with Crippen LogP contribution < -0.4 is 19.6 Å². The van der Waals surface area contributed by atoms with Crippen LogP contribution in [0.4, 0.5) is 0 Å². The summed E-state index contributed by atoms with van der Waals surface area (Å²) in [5, 5.41) is 4.00. The van der Waals surface area contributed by atoms with Crippen LogP contribution >= 0.6 is 0 Å².